The molecule has 0 N–H and O–H groups in total. The van der Waals surface area contributed by atoms with E-state index in [0.29, 0.717) is 0 Å². The van der Waals surface area contributed by atoms with Crippen LogP contribution in [0.3, 0.4) is 0 Å². The molecule has 234 valence electrons. The van der Waals surface area contributed by atoms with Gasteiger partial charge in [0, 0.05) is 59.5 Å². The van der Waals surface area contributed by atoms with Crippen molar-refractivity contribution in [3.8, 4) is 50.3 Å². The average Bonchev–Trinajstić information content (AvgIpc) is 3.73. The summed E-state index contributed by atoms with van der Waals surface area (Å²) in [5, 5.41) is 5.07. The van der Waals surface area contributed by atoms with Gasteiger partial charge in [-0.25, -0.2) is 0 Å². The molecule has 0 aliphatic heterocycles. The van der Waals surface area contributed by atoms with E-state index < -0.39 is 0 Å². The van der Waals surface area contributed by atoms with Crippen molar-refractivity contribution in [2.45, 2.75) is 0 Å². The highest BCUT2D eigenvalue weighted by atomic mass is 32.1. The van der Waals surface area contributed by atoms with E-state index in [9.17, 15) is 0 Å². The average molecular weight is 655 g/mol. The van der Waals surface area contributed by atoms with Gasteiger partial charge in [0.2, 0.25) is 0 Å². The molecule has 2 nitrogen and oxygen atoms in total. The van der Waals surface area contributed by atoms with Gasteiger partial charge >= 0.3 is 0 Å². The minimum atomic E-state index is 0.972. The van der Waals surface area contributed by atoms with Crippen LogP contribution in [0.5, 0.6) is 0 Å². The second-order valence-corrected chi connectivity index (χ2v) is 13.9. The summed E-state index contributed by atoms with van der Waals surface area (Å²) in [7, 11) is 0. The van der Waals surface area contributed by atoms with Crippen LogP contribution < -0.4 is 0 Å². The first-order valence-corrected chi connectivity index (χ1v) is 17.8. The molecule has 7 aromatic carbocycles. The lowest BCUT2D eigenvalue weighted by Gasteiger charge is -2.13. The van der Waals surface area contributed by atoms with E-state index in [4.69, 9.17) is 4.98 Å². The Morgan fingerprint density at radius 3 is 1.66 bits per heavy atom. The third kappa shape index (κ3) is 4.74. The highest BCUT2D eigenvalue weighted by molar-refractivity contribution is 7.25. The maximum absolute atomic E-state index is 5.18. The predicted octanol–water partition coefficient (Wildman–Crippen LogP) is 13.2. The Morgan fingerprint density at radius 1 is 0.380 bits per heavy atom. The summed E-state index contributed by atoms with van der Waals surface area (Å²) in [6, 6.07) is 63.5. The van der Waals surface area contributed by atoms with E-state index in [1.54, 1.807) is 0 Å². The molecule has 0 unspecified atom stereocenters. The summed E-state index contributed by atoms with van der Waals surface area (Å²) >= 11 is 1.86. The summed E-state index contributed by atoms with van der Waals surface area (Å²) in [4.78, 5) is 5.18. The van der Waals surface area contributed by atoms with Crippen LogP contribution in [-0.2, 0) is 0 Å². The number of nitrogens with zero attached hydrogens (tertiary/aromatic N) is 2. The molecule has 0 aliphatic carbocycles. The Labute approximate surface area is 294 Å². The Bertz CT molecular complexity index is 2850. The molecule has 0 spiro atoms. The largest absolute Gasteiger partial charge is 0.309 e. The minimum Gasteiger partial charge on any atom is -0.309 e. The van der Waals surface area contributed by atoms with Gasteiger partial charge in [-0.15, -0.1) is 11.3 Å². The molecule has 0 fully saturated rings. The molecule has 3 aromatic heterocycles. The molecule has 50 heavy (non-hydrogen) atoms. The number of benzene rings is 7. The van der Waals surface area contributed by atoms with Gasteiger partial charge in [0.05, 0.1) is 16.7 Å². The van der Waals surface area contributed by atoms with Gasteiger partial charge in [-0.2, -0.15) is 0 Å². The van der Waals surface area contributed by atoms with Crippen LogP contribution in [0.15, 0.2) is 182 Å². The fourth-order valence-electron chi connectivity index (χ4n) is 7.43. The molecule has 10 aromatic rings. The molecular weight excluding hydrogens is 625 g/mol. The summed E-state index contributed by atoms with van der Waals surface area (Å²) in [5.41, 5.74) is 12.5. The van der Waals surface area contributed by atoms with Crippen LogP contribution in [0.1, 0.15) is 0 Å². The second-order valence-electron chi connectivity index (χ2n) is 12.8. The predicted molar refractivity (Wildman–Crippen MR) is 213 cm³/mol. The molecule has 0 saturated heterocycles. The van der Waals surface area contributed by atoms with E-state index in [-0.39, 0.29) is 0 Å². The van der Waals surface area contributed by atoms with Crippen LogP contribution in [0.25, 0.3) is 92.3 Å². The Morgan fingerprint density at radius 2 is 0.940 bits per heavy atom. The first kappa shape index (κ1) is 28.7. The third-order valence-electron chi connectivity index (χ3n) is 9.85. The first-order chi connectivity index (χ1) is 24.8. The molecule has 0 saturated carbocycles. The zero-order chi connectivity index (χ0) is 33.0. The van der Waals surface area contributed by atoms with Gasteiger partial charge in [-0.05, 0) is 58.7 Å². The number of rotatable bonds is 5. The van der Waals surface area contributed by atoms with Crippen molar-refractivity contribution in [3.63, 3.8) is 0 Å². The lowest BCUT2D eigenvalue weighted by atomic mass is 9.95. The molecule has 0 amide bonds. The topological polar surface area (TPSA) is 17.8 Å². The molecule has 3 heterocycles. The van der Waals surface area contributed by atoms with Gasteiger partial charge in [-0.3, -0.25) is 4.98 Å². The normalized spacial score (nSPS) is 11.6. The van der Waals surface area contributed by atoms with E-state index in [0.717, 1.165) is 44.7 Å². The number of aromatic nitrogens is 2. The summed E-state index contributed by atoms with van der Waals surface area (Å²) in [6.45, 7) is 0. The number of pyridine rings is 1. The van der Waals surface area contributed by atoms with Crippen molar-refractivity contribution < 1.29 is 0 Å². The lowest BCUT2D eigenvalue weighted by molar-refractivity contribution is 1.19. The molecule has 0 bridgehead atoms. The maximum atomic E-state index is 5.18. The number of hydrogen-bond acceptors (Lipinski definition) is 2. The highest BCUT2D eigenvalue weighted by Crippen LogP contribution is 2.41. The van der Waals surface area contributed by atoms with Crippen molar-refractivity contribution in [1.82, 2.24) is 9.55 Å². The second kappa shape index (κ2) is 11.7. The smallest absolute Gasteiger partial charge is 0.0781 e. The number of thiophene rings is 1. The standard InChI is InChI=1S/C47H30N2S/c1-4-12-31(13-5-1)34-20-23-38-39-24-21-35(47-42(33-16-8-3-9-17-33)26-36(30-48-47)32-14-6-2-7-15-32)28-44(39)49(43(38)27-34)37-22-25-41-40-18-10-11-19-45(40)50-46(41)29-37/h1-30H. The fraction of sp³-hybridized carbons (Fsp3) is 0. The first-order valence-electron chi connectivity index (χ1n) is 17.0. The molecule has 0 atom stereocenters. The molecule has 0 radical (unpaired) electrons. The number of hydrogen-bond donors (Lipinski definition) is 0. The van der Waals surface area contributed by atoms with Crippen molar-refractivity contribution >= 4 is 53.3 Å². The SMILES string of the molecule is c1ccc(-c2cnc(-c3ccc4c5ccc(-c6ccccc6)cc5n(-c5ccc6c(c5)sc5ccccc56)c4c3)c(-c3ccccc3)c2)cc1. The van der Waals surface area contributed by atoms with Crippen molar-refractivity contribution in [3.05, 3.63) is 182 Å². The van der Waals surface area contributed by atoms with Crippen LogP contribution in [0.2, 0.25) is 0 Å². The van der Waals surface area contributed by atoms with E-state index >= 15 is 0 Å². The van der Waals surface area contributed by atoms with Crippen LogP contribution in [-0.4, -0.2) is 9.55 Å². The quantitative estimate of drug-likeness (QED) is 0.181. The summed E-state index contributed by atoms with van der Waals surface area (Å²) in [6.07, 6.45) is 2.01. The van der Waals surface area contributed by atoms with Gasteiger partial charge in [-0.1, -0.05) is 140 Å². The Balaban J connectivity index is 1.23. The molecule has 0 aliphatic rings. The Kier molecular flexibility index (Phi) is 6.71. The van der Waals surface area contributed by atoms with Gasteiger partial charge in [0.15, 0.2) is 0 Å². The maximum Gasteiger partial charge on any atom is 0.0781 e. The van der Waals surface area contributed by atoms with Crippen LogP contribution in [0.4, 0.5) is 0 Å². The summed E-state index contributed by atoms with van der Waals surface area (Å²) < 4.78 is 5.05. The van der Waals surface area contributed by atoms with E-state index in [2.05, 4.69) is 180 Å². The van der Waals surface area contributed by atoms with Crippen molar-refractivity contribution in [2.24, 2.45) is 0 Å². The molecule has 10 rings (SSSR count). The van der Waals surface area contributed by atoms with Crippen molar-refractivity contribution in [2.75, 3.05) is 0 Å². The zero-order valence-electron chi connectivity index (χ0n) is 27.1. The number of fused-ring (bicyclic) bond motifs is 6. The van der Waals surface area contributed by atoms with Crippen LogP contribution >= 0.6 is 11.3 Å². The zero-order valence-corrected chi connectivity index (χ0v) is 27.9. The van der Waals surface area contributed by atoms with Crippen LogP contribution in [0, 0.1) is 0 Å². The van der Waals surface area contributed by atoms with E-state index in [1.165, 1.54) is 47.6 Å². The fourth-order valence-corrected chi connectivity index (χ4v) is 8.57. The lowest BCUT2D eigenvalue weighted by Crippen LogP contribution is -1.95. The third-order valence-corrected chi connectivity index (χ3v) is 11.0. The van der Waals surface area contributed by atoms with Gasteiger partial charge in [0.25, 0.3) is 0 Å². The summed E-state index contributed by atoms with van der Waals surface area (Å²) in [5.74, 6) is 0. The molecular formula is C47H30N2S. The Hall–Kier alpha value is -6.29. The molecule has 3 heteroatoms. The van der Waals surface area contributed by atoms with Gasteiger partial charge in [0.1, 0.15) is 0 Å². The van der Waals surface area contributed by atoms with E-state index in [1.807, 2.05) is 17.5 Å². The van der Waals surface area contributed by atoms with Crippen molar-refractivity contribution in [1.29, 1.82) is 0 Å². The monoisotopic (exact) mass is 654 g/mol. The highest BCUT2D eigenvalue weighted by Gasteiger charge is 2.18. The minimum absolute atomic E-state index is 0.972. The van der Waals surface area contributed by atoms with Gasteiger partial charge < -0.3 is 4.57 Å².